The first-order valence-electron chi connectivity index (χ1n) is 7.12. The number of rotatable bonds is 3. The van der Waals surface area contributed by atoms with Gasteiger partial charge in [-0.2, -0.15) is 0 Å². The third-order valence-corrected chi connectivity index (χ3v) is 5.22. The second-order valence-corrected chi connectivity index (χ2v) is 7.12. The Labute approximate surface area is 132 Å². The highest BCUT2D eigenvalue weighted by Crippen LogP contribution is 2.23. The minimum atomic E-state index is -1.21. The summed E-state index contributed by atoms with van der Waals surface area (Å²) in [6.45, 7) is 1.99. The van der Waals surface area contributed by atoms with Gasteiger partial charge in [0, 0.05) is 16.4 Å². The summed E-state index contributed by atoms with van der Waals surface area (Å²) in [6.07, 6.45) is 4.38. The fraction of sp³-hybridized carbons (Fsp3) is 0.375. The van der Waals surface area contributed by atoms with E-state index in [0.717, 1.165) is 36.2 Å². The van der Waals surface area contributed by atoms with E-state index >= 15 is 0 Å². The van der Waals surface area contributed by atoms with E-state index in [9.17, 15) is 4.21 Å². The molecule has 1 unspecified atom stereocenters. The van der Waals surface area contributed by atoms with Crippen molar-refractivity contribution in [3.63, 3.8) is 0 Å². The van der Waals surface area contributed by atoms with Gasteiger partial charge in [0.2, 0.25) is 5.16 Å². The maximum absolute atomic E-state index is 12.5. The summed E-state index contributed by atoms with van der Waals surface area (Å²) in [4.78, 5) is 9.01. The van der Waals surface area contributed by atoms with Crippen LogP contribution in [-0.4, -0.2) is 14.2 Å². The predicted octanol–water partition coefficient (Wildman–Crippen LogP) is 3.63. The zero-order chi connectivity index (χ0) is 14.8. The second kappa shape index (κ2) is 6.24. The van der Waals surface area contributed by atoms with E-state index < -0.39 is 10.8 Å². The number of halogens is 1. The summed E-state index contributed by atoms with van der Waals surface area (Å²) >= 11 is 5.86. The summed E-state index contributed by atoms with van der Waals surface area (Å²) in [5, 5.41) is 1.15. The first-order valence-corrected chi connectivity index (χ1v) is 8.82. The van der Waals surface area contributed by atoms with Crippen molar-refractivity contribution in [2.75, 3.05) is 0 Å². The van der Waals surface area contributed by atoms with Crippen LogP contribution in [0.25, 0.3) is 0 Å². The van der Waals surface area contributed by atoms with Gasteiger partial charge in [-0.1, -0.05) is 23.7 Å². The standard InChI is InChI=1S/C16H17ClN2OS/c1-11-14-4-2-3-5-15(14)19-16(18-11)21(20)10-12-6-8-13(17)9-7-12/h6-9H,2-5,10H2,1H3. The van der Waals surface area contributed by atoms with Crippen LogP contribution in [0.3, 0.4) is 0 Å². The van der Waals surface area contributed by atoms with Crippen LogP contribution in [0, 0.1) is 6.92 Å². The van der Waals surface area contributed by atoms with E-state index in [1.54, 1.807) is 0 Å². The van der Waals surface area contributed by atoms with E-state index in [4.69, 9.17) is 11.6 Å². The summed E-state index contributed by atoms with van der Waals surface area (Å²) in [7, 11) is -1.21. The maximum atomic E-state index is 12.5. The van der Waals surface area contributed by atoms with E-state index in [-0.39, 0.29) is 0 Å². The molecule has 110 valence electrons. The Bertz CT molecular complexity index is 685. The molecule has 1 aromatic carbocycles. The van der Waals surface area contributed by atoms with Gasteiger partial charge in [-0.3, -0.25) is 4.21 Å². The van der Waals surface area contributed by atoms with Crippen LogP contribution in [0.4, 0.5) is 0 Å². The number of benzene rings is 1. The molecule has 1 atom stereocenters. The van der Waals surface area contributed by atoms with E-state index in [1.165, 1.54) is 12.0 Å². The van der Waals surface area contributed by atoms with Gasteiger partial charge >= 0.3 is 0 Å². The lowest BCUT2D eigenvalue weighted by molar-refractivity contribution is 0.632. The first kappa shape index (κ1) is 14.7. The number of hydrogen-bond donors (Lipinski definition) is 0. The van der Waals surface area contributed by atoms with Gasteiger partial charge in [0.1, 0.15) is 0 Å². The number of aryl methyl sites for hydroxylation is 2. The quantitative estimate of drug-likeness (QED) is 0.811. The van der Waals surface area contributed by atoms with Crippen molar-refractivity contribution in [2.24, 2.45) is 0 Å². The molecule has 21 heavy (non-hydrogen) atoms. The topological polar surface area (TPSA) is 42.9 Å². The van der Waals surface area contributed by atoms with Gasteiger partial charge in [0.15, 0.2) is 0 Å². The molecule has 0 N–H and O–H groups in total. The smallest absolute Gasteiger partial charge is 0.219 e. The van der Waals surface area contributed by atoms with Crippen molar-refractivity contribution in [1.29, 1.82) is 0 Å². The minimum absolute atomic E-state index is 0.426. The average Bonchev–Trinajstić information content (AvgIpc) is 2.49. The fourth-order valence-electron chi connectivity index (χ4n) is 2.65. The largest absolute Gasteiger partial charge is 0.251 e. The summed E-state index contributed by atoms with van der Waals surface area (Å²) in [6, 6.07) is 7.41. The zero-order valence-electron chi connectivity index (χ0n) is 11.9. The first-order chi connectivity index (χ1) is 10.1. The molecule has 3 rings (SSSR count). The van der Waals surface area contributed by atoms with E-state index in [2.05, 4.69) is 9.97 Å². The van der Waals surface area contributed by atoms with E-state index in [1.807, 2.05) is 31.2 Å². The third kappa shape index (κ3) is 3.33. The number of nitrogens with zero attached hydrogens (tertiary/aromatic N) is 2. The Morgan fingerprint density at radius 3 is 2.62 bits per heavy atom. The molecule has 0 fully saturated rings. The highest BCUT2D eigenvalue weighted by molar-refractivity contribution is 7.84. The van der Waals surface area contributed by atoms with Gasteiger partial charge in [-0.05, 0) is 55.9 Å². The summed E-state index contributed by atoms with van der Waals surface area (Å²) in [5.74, 6) is 0.426. The molecule has 3 nitrogen and oxygen atoms in total. The average molecular weight is 321 g/mol. The van der Waals surface area contributed by atoms with Crippen LogP contribution in [0.15, 0.2) is 29.4 Å². The molecule has 1 aliphatic carbocycles. The van der Waals surface area contributed by atoms with Crippen molar-refractivity contribution >= 4 is 22.4 Å². The number of fused-ring (bicyclic) bond motifs is 1. The molecular formula is C16H17ClN2OS. The predicted molar refractivity (Wildman–Crippen MR) is 85.0 cm³/mol. The lowest BCUT2D eigenvalue weighted by atomic mass is 9.95. The fourth-order valence-corrected chi connectivity index (χ4v) is 3.85. The normalized spacial score (nSPS) is 15.5. The minimum Gasteiger partial charge on any atom is -0.251 e. The van der Waals surface area contributed by atoms with Crippen LogP contribution in [0.1, 0.15) is 35.4 Å². The van der Waals surface area contributed by atoms with Gasteiger partial charge in [-0.15, -0.1) is 0 Å². The van der Waals surface area contributed by atoms with Crippen molar-refractivity contribution in [2.45, 2.75) is 43.5 Å². The maximum Gasteiger partial charge on any atom is 0.219 e. The van der Waals surface area contributed by atoms with Crippen molar-refractivity contribution in [3.05, 3.63) is 51.8 Å². The Balaban J connectivity index is 1.84. The van der Waals surface area contributed by atoms with Crippen molar-refractivity contribution < 1.29 is 4.21 Å². The molecule has 5 heteroatoms. The van der Waals surface area contributed by atoms with Gasteiger partial charge in [0.25, 0.3) is 0 Å². The third-order valence-electron chi connectivity index (χ3n) is 3.78. The van der Waals surface area contributed by atoms with Gasteiger partial charge < -0.3 is 0 Å². The Hall–Kier alpha value is -1.26. The number of hydrogen-bond acceptors (Lipinski definition) is 3. The SMILES string of the molecule is Cc1nc(S(=O)Cc2ccc(Cl)cc2)nc2c1CCCC2. The highest BCUT2D eigenvalue weighted by atomic mass is 35.5. The van der Waals surface area contributed by atoms with Crippen LogP contribution in [-0.2, 0) is 29.4 Å². The Kier molecular flexibility index (Phi) is 4.36. The highest BCUT2D eigenvalue weighted by Gasteiger charge is 2.18. The number of aromatic nitrogens is 2. The Morgan fingerprint density at radius 1 is 1.14 bits per heavy atom. The molecule has 0 aliphatic heterocycles. The molecular weight excluding hydrogens is 304 g/mol. The zero-order valence-corrected chi connectivity index (χ0v) is 13.5. The molecule has 1 aliphatic rings. The van der Waals surface area contributed by atoms with Crippen molar-refractivity contribution in [1.82, 2.24) is 9.97 Å². The molecule has 1 heterocycles. The monoisotopic (exact) mass is 320 g/mol. The Morgan fingerprint density at radius 2 is 1.86 bits per heavy atom. The van der Waals surface area contributed by atoms with Crippen LogP contribution in [0.5, 0.6) is 0 Å². The molecule has 0 saturated heterocycles. The second-order valence-electron chi connectivity index (χ2n) is 5.34. The molecule has 0 bridgehead atoms. The summed E-state index contributed by atoms with van der Waals surface area (Å²) < 4.78 is 12.5. The lowest BCUT2D eigenvalue weighted by Crippen LogP contribution is -2.13. The molecule has 0 radical (unpaired) electrons. The van der Waals surface area contributed by atoms with Gasteiger partial charge in [0.05, 0.1) is 16.6 Å². The van der Waals surface area contributed by atoms with Crippen LogP contribution < -0.4 is 0 Å². The molecule has 1 aromatic heterocycles. The van der Waals surface area contributed by atoms with E-state index in [0.29, 0.717) is 15.9 Å². The summed E-state index contributed by atoms with van der Waals surface area (Å²) in [5.41, 5.74) is 4.32. The lowest BCUT2D eigenvalue weighted by Gasteiger charge is -2.17. The van der Waals surface area contributed by atoms with Crippen molar-refractivity contribution in [3.8, 4) is 0 Å². The molecule has 0 amide bonds. The molecule has 0 spiro atoms. The van der Waals surface area contributed by atoms with Crippen LogP contribution >= 0.6 is 11.6 Å². The molecule has 0 saturated carbocycles. The molecule has 2 aromatic rings. The van der Waals surface area contributed by atoms with Gasteiger partial charge in [-0.25, -0.2) is 9.97 Å². The van der Waals surface area contributed by atoms with Crippen LogP contribution in [0.2, 0.25) is 5.02 Å².